The van der Waals surface area contributed by atoms with Gasteiger partial charge >= 0.3 is 0 Å². The molecule has 0 aliphatic carbocycles. The quantitative estimate of drug-likeness (QED) is 0.0705. The monoisotopic (exact) mass is 824 g/mol. The predicted octanol–water partition coefficient (Wildman–Crippen LogP) is 11.0. The van der Waals surface area contributed by atoms with Crippen LogP contribution in [0.1, 0.15) is 16.7 Å². The Morgan fingerprint density at radius 3 is 1.68 bits per heavy atom. The fourth-order valence-corrected chi connectivity index (χ4v) is 14.0. The van der Waals surface area contributed by atoms with Crippen molar-refractivity contribution in [2.45, 2.75) is 0 Å². The number of rotatable bonds is 8. The molecular formula is C57H40N4OSi. The Hall–Kier alpha value is -8.19. The minimum atomic E-state index is -2.84. The molecule has 63 heavy (non-hydrogen) atoms. The summed E-state index contributed by atoms with van der Waals surface area (Å²) in [5, 5.41) is 18.6. The van der Waals surface area contributed by atoms with Gasteiger partial charge in [0.2, 0.25) is 0 Å². The maximum absolute atomic E-state index is 9.01. The molecule has 0 aliphatic heterocycles. The number of benzene rings is 9. The minimum Gasteiger partial charge on any atom is -0.456 e. The molecule has 0 spiro atoms. The largest absolute Gasteiger partial charge is 0.456 e. The van der Waals surface area contributed by atoms with Crippen LogP contribution in [0.4, 0.5) is 0 Å². The number of hydrogen-bond donors (Lipinski definition) is 1. The summed E-state index contributed by atoms with van der Waals surface area (Å²) in [6.45, 7) is 0. The summed E-state index contributed by atoms with van der Waals surface area (Å²) in [5.41, 5.74) is 7.27. The van der Waals surface area contributed by atoms with Crippen LogP contribution in [0, 0.1) is 5.41 Å². The van der Waals surface area contributed by atoms with E-state index in [0.717, 1.165) is 66.1 Å². The highest BCUT2D eigenvalue weighted by atomic mass is 28.3. The molecule has 0 atom stereocenters. The molecule has 11 rings (SSSR count). The summed E-state index contributed by atoms with van der Waals surface area (Å²) < 4.78 is 8.92. The Labute approximate surface area is 366 Å². The Morgan fingerprint density at radius 1 is 0.444 bits per heavy atom. The van der Waals surface area contributed by atoms with Gasteiger partial charge in [-0.25, -0.2) is 9.98 Å². The fraction of sp³-hybridized carbons (Fsp3) is 0. The third-order valence-electron chi connectivity index (χ3n) is 12.1. The second-order valence-electron chi connectivity index (χ2n) is 15.7. The fourth-order valence-electron chi connectivity index (χ4n) is 9.21. The van der Waals surface area contributed by atoms with Crippen molar-refractivity contribution in [3.8, 4) is 5.69 Å². The van der Waals surface area contributed by atoms with Crippen LogP contribution >= 0.6 is 0 Å². The lowest BCUT2D eigenvalue weighted by molar-refractivity contribution is 0.669. The molecule has 0 fully saturated rings. The van der Waals surface area contributed by atoms with Crippen molar-refractivity contribution in [1.29, 1.82) is 5.41 Å². The van der Waals surface area contributed by atoms with E-state index in [1.165, 1.54) is 20.7 Å². The van der Waals surface area contributed by atoms with Gasteiger partial charge in [0.05, 0.1) is 11.0 Å². The van der Waals surface area contributed by atoms with Gasteiger partial charge in [-0.1, -0.05) is 194 Å². The molecule has 0 amide bonds. The molecule has 5 nitrogen and oxygen atoms in total. The molecule has 0 unspecified atom stereocenters. The van der Waals surface area contributed by atoms with Crippen molar-refractivity contribution in [3.05, 3.63) is 247 Å². The zero-order valence-corrected chi connectivity index (χ0v) is 35.3. The number of nitrogens with one attached hydrogen (secondary N) is 1. The predicted molar refractivity (Wildman–Crippen MR) is 266 cm³/mol. The van der Waals surface area contributed by atoms with Gasteiger partial charge in [-0.3, -0.25) is 5.41 Å². The van der Waals surface area contributed by atoms with E-state index in [1.807, 2.05) is 85.1 Å². The van der Waals surface area contributed by atoms with Gasteiger partial charge < -0.3 is 8.98 Å². The summed E-state index contributed by atoms with van der Waals surface area (Å²) in [6, 6.07) is 81.0. The molecule has 0 saturated heterocycles. The van der Waals surface area contributed by atoms with Gasteiger partial charge in [0.25, 0.3) is 0 Å². The second kappa shape index (κ2) is 16.0. The summed E-state index contributed by atoms with van der Waals surface area (Å²) >= 11 is 0. The van der Waals surface area contributed by atoms with E-state index in [9.17, 15) is 0 Å². The number of aromatic nitrogens is 1. The molecule has 2 heterocycles. The van der Waals surface area contributed by atoms with E-state index in [0.29, 0.717) is 5.84 Å². The lowest BCUT2D eigenvalue weighted by Gasteiger charge is -2.34. The molecule has 0 saturated carbocycles. The van der Waals surface area contributed by atoms with E-state index in [1.54, 1.807) is 0 Å². The highest BCUT2D eigenvalue weighted by Crippen LogP contribution is 2.38. The van der Waals surface area contributed by atoms with Crippen molar-refractivity contribution in [2.24, 2.45) is 9.98 Å². The van der Waals surface area contributed by atoms with Crippen LogP contribution < -0.4 is 20.7 Å². The summed E-state index contributed by atoms with van der Waals surface area (Å²) in [7, 11) is -2.84. The van der Waals surface area contributed by atoms with Crippen molar-refractivity contribution in [2.75, 3.05) is 0 Å². The maximum Gasteiger partial charge on any atom is 0.179 e. The first kappa shape index (κ1) is 37.8. The normalized spacial score (nSPS) is 12.2. The number of para-hydroxylation sites is 1. The van der Waals surface area contributed by atoms with Gasteiger partial charge in [-0.15, -0.1) is 0 Å². The Balaban J connectivity index is 1.17. The molecule has 11 aromatic rings. The average molecular weight is 825 g/mol. The van der Waals surface area contributed by atoms with Gasteiger partial charge in [-0.2, -0.15) is 0 Å². The Morgan fingerprint density at radius 2 is 1.02 bits per heavy atom. The van der Waals surface area contributed by atoms with Gasteiger partial charge in [-0.05, 0) is 62.7 Å². The van der Waals surface area contributed by atoms with Crippen LogP contribution in [0.25, 0.3) is 49.4 Å². The van der Waals surface area contributed by atoms with Crippen LogP contribution in [0.15, 0.2) is 245 Å². The minimum absolute atomic E-state index is 0.141. The summed E-state index contributed by atoms with van der Waals surface area (Å²) in [6.07, 6.45) is 1.81. The third-order valence-corrected chi connectivity index (χ3v) is 16.9. The summed E-state index contributed by atoms with van der Waals surface area (Å²) in [4.78, 5) is 9.79. The lowest BCUT2D eigenvalue weighted by atomic mass is 10.1. The molecule has 298 valence electrons. The average Bonchev–Trinajstić information content (AvgIpc) is 3.88. The maximum atomic E-state index is 9.01. The highest BCUT2D eigenvalue weighted by molar-refractivity contribution is 7.20. The van der Waals surface area contributed by atoms with Gasteiger partial charge in [0.1, 0.15) is 11.2 Å². The van der Waals surface area contributed by atoms with E-state index in [-0.39, 0.29) is 5.84 Å². The Bertz CT molecular complexity index is 3410. The summed E-state index contributed by atoms with van der Waals surface area (Å²) in [5.74, 6) is 0.591. The molecule has 0 radical (unpaired) electrons. The highest BCUT2D eigenvalue weighted by Gasteiger charge is 2.41. The molecule has 9 aromatic carbocycles. The first-order chi connectivity index (χ1) is 31.1. The first-order valence-electron chi connectivity index (χ1n) is 21.1. The number of aliphatic imine (C=N–C) groups is 2. The van der Waals surface area contributed by atoms with Crippen molar-refractivity contribution in [1.82, 2.24) is 4.57 Å². The van der Waals surface area contributed by atoms with Crippen LogP contribution in [-0.2, 0) is 0 Å². The Kier molecular flexibility index (Phi) is 9.60. The van der Waals surface area contributed by atoms with Crippen molar-refractivity contribution < 1.29 is 4.42 Å². The molecular weight excluding hydrogens is 785 g/mol. The zero-order valence-electron chi connectivity index (χ0n) is 34.3. The van der Waals surface area contributed by atoms with Crippen LogP contribution in [0.2, 0.25) is 0 Å². The van der Waals surface area contributed by atoms with Crippen molar-refractivity contribution >= 4 is 90.5 Å². The molecule has 0 aliphatic rings. The van der Waals surface area contributed by atoms with E-state index >= 15 is 0 Å². The smallest absolute Gasteiger partial charge is 0.179 e. The van der Waals surface area contributed by atoms with E-state index < -0.39 is 8.07 Å². The second-order valence-corrected chi connectivity index (χ2v) is 19.6. The van der Waals surface area contributed by atoms with E-state index in [4.69, 9.17) is 19.8 Å². The number of amidine groups is 2. The lowest BCUT2D eigenvalue weighted by Crippen LogP contribution is -2.74. The first-order valence-corrected chi connectivity index (χ1v) is 23.1. The molecule has 0 bridgehead atoms. The van der Waals surface area contributed by atoms with Crippen LogP contribution in [0.3, 0.4) is 0 Å². The standard InChI is InChI=1S/C57H40N4OSi/c58-56(41-21-8-2-9-22-41)60-57(59-39-40-19-6-1-7-20-40)42-23-18-24-43(35-42)61-52-34-33-47(36-49(52)50-38-55-51(37-53(50)61)48-31-16-17-32-54(48)62-55)63(44-25-10-3-11-26-44,45-27-12-4-13-28-45)46-29-14-5-15-30-46/h1-39,58H. The zero-order chi connectivity index (χ0) is 42.2. The van der Waals surface area contributed by atoms with Gasteiger partial charge in [0, 0.05) is 44.6 Å². The number of nitrogens with zero attached hydrogens (tertiary/aromatic N) is 3. The topological polar surface area (TPSA) is 66.6 Å². The molecule has 2 aromatic heterocycles. The third kappa shape index (κ3) is 6.70. The van der Waals surface area contributed by atoms with Crippen LogP contribution in [-0.4, -0.2) is 30.5 Å². The molecule has 6 heteroatoms. The number of furan rings is 1. The van der Waals surface area contributed by atoms with Gasteiger partial charge in [0.15, 0.2) is 19.7 Å². The molecule has 1 N–H and O–H groups in total. The van der Waals surface area contributed by atoms with Crippen LogP contribution in [0.5, 0.6) is 0 Å². The number of hydrogen-bond acceptors (Lipinski definition) is 2. The SMILES string of the molecule is N=C(N=C(N=Cc1ccccc1)c1cccc(-n2c3ccc([Si](c4ccccc4)(c4ccccc4)c4ccccc4)cc3c3cc4oc5ccccc5c4cc32)c1)c1ccccc1. The van der Waals surface area contributed by atoms with Crippen molar-refractivity contribution in [3.63, 3.8) is 0 Å². The van der Waals surface area contributed by atoms with E-state index in [2.05, 4.69) is 156 Å². The number of fused-ring (bicyclic) bond motifs is 6.